The Hall–Kier alpha value is -3.93. The van der Waals surface area contributed by atoms with Gasteiger partial charge in [-0.3, -0.25) is 14.4 Å². The predicted molar refractivity (Wildman–Crippen MR) is 106 cm³/mol. The number of aromatic amines is 1. The third-order valence-corrected chi connectivity index (χ3v) is 4.62. The summed E-state index contributed by atoms with van der Waals surface area (Å²) in [5, 5.41) is 0. The quantitative estimate of drug-likeness (QED) is 0.303. The summed E-state index contributed by atoms with van der Waals surface area (Å²) in [6.45, 7) is 0. The summed E-state index contributed by atoms with van der Waals surface area (Å²) in [6.07, 6.45) is 0.626. The number of nitrogens with zero attached hydrogens (tertiary/aromatic N) is 1. The maximum Gasteiger partial charge on any atom is 0.181 e. The first-order valence-corrected chi connectivity index (χ1v) is 8.90. The summed E-state index contributed by atoms with van der Waals surface area (Å²) in [5.41, 5.74) is 1.86. The minimum atomic E-state index is -1.30. The molecule has 0 fully saturated rings. The summed E-state index contributed by atoms with van der Waals surface area (Å²) in [4.78, 5) is 45.1. The molecule has 3 aromatic carbocycles. The molecule has 5 nitrogen and oxygen atoms in total. The number of benzene rings is 3. The van der Waals surface area contributed by atoms with Crippen LogP contribution >= 0.6 is 0 Å². The Morgan fingerprint density at radius 3 is 2.28 bits per heavy atom. The van der Waals surface area contributed by atoms with Crippen LogP contribution in [0, 0.1) is 5.82 Å². The summed E-state index contributed by atoms with van der Waals surface area (Å²) < 4.78 is 13.7. The Balaban J connectivity index is 1.84. The van der Waals surface area contributed by atoms with Crippen LogP contribution in [0.4, 0.5) is 4.39 Å². The van der Waals surface area contributed by atoms with Gasteiger partial charge in [0.15, 0.2) is 11.6 Å². The van der Waals surface area contributed by atoms with E-state index in [1.165, 1.54) is 30.3 Å². The van der Waals surface area contributed by atoms with Crippen LogP contribution in [-0.2, 0) is 0 Å². The number of fused-ring (bicyclic) bond motifs is 1. The standard InChI is InChI=1S/C23H15FN2O3/c24-17-8-4-7-16(12-17)22(29)20(21(28)15-6-3-5-14(11-15)13-27)23-25-18-9-1-2-10-19(18)26-23/h1-13,20H,(H,25,26). The number of para-hydroxylation sites is 2. The van der Waals surface area contributed by atoms with Crippen molar-refractivity contribution in [2.75, 3.05) is 0 Å². The first kappa shape index (κ1) is 18.4. The monoisotopic (exact) mass is 386 g/mol. The highest BCUT2D eigenvalue weighted by Gasteiger charge is 2.33. The number of hydrogen-bond acceptors (Lipinski definition) is 4. The van der Waals surface area contributed by atoms with E-state index in [4.69, 9.17) is 0 Å². The lowest BCUT2D eigenvalue weighted by Crippen LogP contribution is -2.24. The van der Waals surface area contributed by atoms with Gasteiger partial charge >= 0.3 is 0 Å². The maximum atomic E-state index is 13.7. The Morgan fingerprint density at radius 1 is 0.897 bits per heavy atom. The molecular formula is C23H15FN2O3. The van der Waals surface area contributed by atoms with Crippen molar-refractivity contribution in [3.63, 3.8) is 0 Å². The second-order valence-electron chi connectivity index (χ2n) is 6.55. The molecule has 0 aliphatic carbocycles. The van der Waals surface area contributed by atoms with Crippen molar-refractivity contribution in [2.45, 2.75) is 5.92 Å². The molecule has 1 heterocycles. The smallest absolute Gasteiger partial charge is 0.181 e. The molecule has 1 N–H and O–H groups in total. The molecule has 142 valence electrons. The summed E-state index contributed by atoms with van der Waals surface area (Å²) >= 11 is 0. The summed E-state index contributed by atoms with van der Waals surface area (Å²) in [5.74, 6) is -2.81. The number of imidazole rings is 1. The second kappa shape index (κ2) is 7.59. The van der Waals surface area contributed by atoms with Gasteiger partial charge in [0.1, 0.15) is 23.8 Å². The van der Waals surface area contributed by atoms with E-state index in [-0.39, 0.29) is 17.0 Å². The van der Waals surface area contributed by atoms with E-state index in [1.54, 1.807) is 30.3 Å². The highest BCUT2D eigenvalue weighted by molar-refractivity contribution is 6.20. The van der Waals surface area contributed by atoms with Gasteiger partial charge in [0.05, 0.1) is 11.0 Å². The minimum Gasteiger partial charge on any atom is -0.341 e. The number of Topliss-reactive ketones (excluding diaryl/α,β-unsaturated/α-hetero) is 2. The van der Waals surface area contributed by atoms with E-state index in [2.05, 4.69) is 9.97 Å². The molecule has 4 aromatic rings. The van der Waals surface area contributed by atoms with Gasteiger partial charge < -0.3 is 4.98 Å². The molecule has 1 atom stereocenters. The van der Waals surface area contributed by atoms with Crippen molar-refractivity contribution in [3.05, 3.63) is 101 Å². The molecule has 0 aliphatic rings. The van der Waals surface area contributed by atoms with Gasteiger partial charge in [-0.1, -0.05) is 42.5 Å². The van der Waals surface area contributed by atoms with Crippen LogP contribution < -0.4 is 0 Å². The summed E-state index contributed by atoms with van der Waals surface area (Å²) in [6, 6.07) is 18.4. The van der Waals surface area contributed by atoms with Crippen LogP contribution in [-0.4, -0.2) is 27.8 Å². The Labute approximate surface area is 165 Å². The van der Waals surface area contributed by atoms with Gasteiger partial charge in [0.2, 0.25) is 0 Å². The number of carbonyl (C=O) groups is 3. The number of rotatable bonds is 6. The molecule has 0 saturated carbocycles. The van der Waals surface area contributed by atoms with Crippen LogP contribution in [0.25, 0.3) is 11.0 Å². The van der Waals surface area contributed by atoms with Crippen molar-refractivity contribution in [1.29, 1.82) is 0 Å². The zero-order valence-electron chi connectivity index (χ0n) is 15.1. The minimum absolute atomic E-state index is 0.0651. The molecule has 1 aromatic heterocycles. The lowest BCUT2D eigenvalue weighted by molar-refractivity contribution is 0.0856. The lowest BCUT2D eigenvalue weighted by Gasteiger charge is -2.13. The fourth-order valence-corrected chi connectivity index (χ4v) is 3.22. The summed E-state index contributed by atoms with van der Waals surface area (Å²) in [7, 11) is 0. The fraction of sp³-hybridized carbons (Fsp3) is 0.0435. The van der Waals surface area contributed by atoms with E-state index in [9.17, 15) is 18.8 Å². The van der Waals surface area contributed by atoms with E-state index in [0.29, 0.717) is 22.9 Å². The van der Waals surface area contributed by atoms with E-state index in [0.717, 1.165) is 6.07 Å². The maximum absolute atomic E-state index is 13.7. The number of nitrogens with one attached hydrogen (secondary N) is 1. The third-order valence-electron chi connectivity index (χ3n) is 4.62. The Kier molecular flexibility index (Phi) is 4.83. The molecule has 6 heteroatoms. The Morgan fingerprint density at radius 2 is 1.59 bits per heavy atom. The molecule has 4 rings (SSSR count). The van der Waals surface area contributed by atoms with Crippen molar-refractivity contribution >= 4 is 28.9 Å². The van der Waals surface area contributed by atoms with Crippen molar-refractivity contribution in [2.24, 2.45) is 0 Å². The van der Waals surface area contributed by atoms with E-state index >= 15 is 0 Å². The third kappa shape index (κ3) is 3.60. The number of aldehydes is 1. The second-order valence-corrected chi connectivity index (χ2v) is 6.55. The van der Waals surface area contributed by atoms with Crippen molar-refractivity contribution < 1.29 is 18.8 Å². The molecule has 0 saturated heterocycles. The molecule has 1 unspecified atom stereocenters. The Bertz CT molecular complexity index is 1210. The van der Waals surface area contributed by atoms with Gasteiger partial charge in [-0.15, -0.1) is 0 Å². The van der Waals surface area contributed by atoms with Crippen LogP contribution in [0.15, 0.2) is 72.8 Å². The number of ketones is 2. The first-order valence-electron chi connectivity index (χ1n) is 8.90. The van der Waals surface area contributed by atoms with Crippen molar-refractivity contribution in [3.8, 4) is 0 Å². The number of halogens is 1. The molecule has 29 heavy (non-hydrogen) atoms. The average molecular weight is 386 g/mol. The van der Waals surface area contributed by atoms with Gasteiger partial charge in [-0.2, -0.15) is 0 Å². The number of carbonyl (C=O) groups excluding carboxylic acids is 3. The van der Waals surface area contributed by atoms with Gasteiger partial charge in [0.25, 0.3) is 0 Å². The number of aromatic nitrogens is 2. The van der Waals surface area contributed by atoms with Crippen LogP contribution in [0.2, 0.25) is 0 Å². The largest absolute Gasteiger partial charge is 0.341 e. The molecular weight excluding hydrogens is 371 g/mol. The van der Waals surface area contributed by atoms with E-state index < -0.39 is 23.3 Å². The van der Waals surface area contributed by atoms with Gasteiger partial charge in [-0.25, -0.2) is 9.37 Å². The zero-order chi connectivity index (χ0) is 20.4. The fourth-order valence-electron chi connectivity index (χ4n) is 3.22. The normalized spacial score (nSPS) is 11.9. The predicted octanol–water partition coefficient (Wildman–Crippen LogP) is 4.36. The number of H-pyrrole nitrogens is 1. The highest BCUT2D eigenvalue weighted by atomic mass is 19.1. The van der Waals surface area contributed by atoms with Crippen LogP contribution in [0.3, 0.4) is 0 Å². The molecule has 0 bridgehead atoms. The first-order chi connectivity index (χ1) is 14.1. The average Bonchev–Trinajstić information content (AvgIpc) is 3.17. The van der Waals surface area contributed by atoms with E-state index in [1.807, 2.05) is 6.07 Å². The SMILES string of the molecule is O=Cc1cccc(C(=O)C(C(=O)c2cccc(F)c2)c2nc3ccccc3[nH]2)c1. The topological polar surface area (TPSA) is 79.9 Å². The van der Waals surface area contributed by atoms with Gasteiger partial charge in [-0.05, 0) is 30.3 Å². The zero-order valence-corrected chi connectivity index (χ0v) is 15.1. The molecule has 0 amide bonds. The van der Waals surface area contributed by atoms with Crippen LogP contribution in [0.1, 0.15) is 42.8 Å². The molecule has 0 spiro atoms. The number of hydrogen-bond donors (Lipinski definition) is 1. The van der Waals surface area contributed by atoms with Crippen molar-refractivity contribution in [1.82, 2.24) is 9.97 Å². The van der Waals surface area contributed by atoms with Gasteiger partial charge in [0, 0.05) is 16.7 Å². The van der Waals surface area contributed by atoms with Crippen LogP contribution in [0.5, 0.6) is 0 Å². The lowest BCUT2D eigenvalue weighted by atomic mass is 9.89. The molecule has 0 aliphatic heterocycles. The highest BCUT2D eigenvalue weighted by Crippen LogP contribution is 2.26. The molecule has 0 radical (unpaired) electrons.